The molecule has 0 radical (unpaired) electrons. The number of halogens is 2. The van der Waals surface area contributed by atoms with Gasteiger partial charge in [0.05, 0.1) is 11.6 Å². The largest absolute Gasteiger partial charge is 0.368 e. The lowest BCUT2D eigenvalue weighted by atomic mass is 10.1. The first-order chi connectivity index (χ1) is 13.1. The van der Waals surface area contributed by atoms with Gasteiger partial charge in [0.15, 0.2) is 5.96 Å². The van der Waals surface area contributed by atoms with E-state index in [0.29, 0.717) is 17.7 Å². The summed E-state index contributed by atoms with van der Waals surface area (Å²) in [5, 5.41) is 12.1. The standard InChI is InChI=1S/C21H24FN5.HI/c1-16-4-3-5-19(12-16)26-8-10-27(11-9-26)21(24-2)25-15-18-7-6-17(14-23)13-20(18)22;/h3-7,12-13H,8-11,15H2,1-2H3,(H,24,25);1H. The van der Waals surface area contributed by atoms with Gasteiger partial charge < -0.3 is 15.1 Å². The van der Waals surface area contributed by atoms with Crippen LogP contribution in [-0.4, -0.2) is 44.1 Å². The first kappa shape index (κ1) is 22.0. The number of aliphatic imine (C=N–C) groups is 1. The van der Waals surface area contributed by atoms with Crippen molar-refractivity contribution in [1.82, 2.24) is 10.2 Å². The molecule has 0 aliphatic carbocycles. The Kier molecular flexibility index (Phi) is 8.05. The molecule has 148 valence electrons. The molecule has 1 heterocycles. The van der Waals surface area contributed by atoms with Gasteiger partial charge in [0.1, 0.15) is 5.82 Å². The zero-order valence-electron chi connectivity index (χ0n) is 16.2. The van der Waals surface area contributed by atoms with Gasteiger partial charge >= 0.3 is 0 Å². The van der Waals surface area contributed by atoms with E-state index in [1.165, 1.54) is 17.3 Å². The average Bonchev–Trinajstić information content (AvgIpc) is 2.70. The van der Waals surface area contributed by atoms with E-state index in [1.54, 1.807) is 19.2 Å². The minimum Gasteiger partial charge on any atom is -0.368 e. The summed E-state index contributed by atoms with van der Waals surface area (Å²) in [4.78, 5) is 8.90. The minimum absolute atomic E-state index is 0. The number of hydrogen-bond donors (Lipinski definition) is 1. The van der Waals surface area contributed by atoms with Crippen LogP contribution in [0.15, 0.2) is 47.5 Å². The van der Waals surface area contributed by atoms with Gasteiger partial charge in [-0.25, -0.2) is 4.39 Å². The summed E-state index contributed by atoms with van der Waals surface area (Å²) in [5.74, 6) is 0.393. The summed E-state index contributed by atoms with van der Waals surface area (Å²) in [7, 11) is 1.74. The Bertz CT molecular complexity index is 869. The number of hydrogen-bond acceptors (Lipinski definition) is 3. The van der Waals surface area contributed by atoms with Crippen molar-refractivity contribution in [2.45, 2.75) is 13.5 Å². The van der Waals surface area contributed by atoms with Crippen LogP contribution < -0.4 is 10.2 Å². The van der Waals surface area contributed by atoms with Crippen LogP contribution in [0.3, 0.4) is 0 Å². The third kappa shape index (κ3) is 5.35. The molecule has 1 aliphatic rings. The Hall–Kier alpha value is -2.34. The van der Waals surface area contributed by atoms with E-state index >= 15 is 0 Å². The fourth-order valence-corrected chi connectivity index (χ4v) is 3.27. The summed E-state index contributed by atoms with van der Waals surface area (Å²) in [6.45, 7) is 5.97. The van der Waals surface area contributed by atoms with E-state index in [0.717, 1.165) is 32.1 Å². The van der Waals surface area contributed by atoms with Gasteiger partial charge in [0, 0.05) is 51.0 Å². The molecule has 1 saturated heterocycles. The summed E-state index contributed by atoms with van der Waals surface area (Å²) in [6.07, 6.45) is 0. The molecule has 28 heavy (non-hydrogen) atoms. The van der Waals surface area contributed by atoms with Gasteiger partial charge in [-0.2, -0.15) is 5.26 Å². The van der Waals surface area contributed by atoms with Crippen molar-refractivity contribution >= 4 is 35.6 Å². The number of piperazine rings is 1. The van der Waals surface area contributed by atoms with Crippen molar-refractivity contribution in [2.24, 2.45) is 4.99 Å². The van der Waals surface area contributed by atoms with Crippen molar-refractivity contribution in [3.8, 4) is 6.07 Å². The monoisotopic (exact) mass is 493 g/mol. The van der Waals surface area contributed by atoms with Crippen LogP contribution in [0.25, 0.3) is 0 Å². The SMILES string of the molecule is CN=C(NCc1ccc(C#N)cc1F)N1CCN(c2cccc(C)c2)CC1.I. The molecule has 0 unspecified atom stereocenters. The Morgan fingerprint density at radius 1 is 1.18 bits per heavy atom. The van der Waals surface area contributed by atoms with Crippen LogP contribution in [0.2, 0.25) is 0 Å². The molecule has 0 bridgehead atoms. The lowest BCUT2D eigenvalue weighted by Gasteiger charge is -2.37. The molecule has 2 aromatic carbocycles. The topological polar surface area (TPSA) is 54.7 Å². The summed E-state index contributed by atoms with van der Waals surface area (Å²) >= 11 is 0. The van der Waals surface area contributed by atoms with Gasteiger partial charge in [-0.3, -0.25) is 4.99 Å². The maximum absolute atomic E-state index is 14.1. The molecule has 1 fully saturated rings. The third-order valence-electron chi connectivity index (χ3n) is 4.78. The van der Waals surface area contributed by atoms with Gasteiger partial charge in [0.25, 0.3) is 0 Å². The minimum atomic E-state index is -0.374. The third-order valence-corrected chi connectivity index (χ3v) is 4.78. The van der Waals surface area contributed by atoms with E-state index in [2.05, 4.69) is 51.3 Å². The van der Waals surface area contributed by atoms with Crippen LogP contribution in [-0.2, 0) is 6.54 Å². The number of aryl methyl sites for hydroxylation is 1. The number of nitriles is 1. The summed E-state index contributed by atoms with van der Waals surface area (Å²) in [6, 6.07) is 15.0. The van der Waals surface area contributed by atoms with Crippen LogP contribution >= 0.6 is 24.0 Å². The number of guanidine groups is 1. The van der Waals surface area contributed by atoms with Gasteiger partial charge in [-0.1, -0.05) is 18.2 Å². The highest BCUT2D eigenvalue weighted by Gasteiger charge is 2.20. The highest BCUT2D eigenvalue weighted by molar-refractivity contribution is 14.0. The van der Waals surface area contributed by atoms with Crippen LogP contribution in [0.5, 0.6) is 0 Å². The zero-order chi connectivity index (χ0) is 19.2. The number of nitrogens with zero attached hydrogens (tertiary/aromatic N) is 4. The molecule has 5 nitrogen and oxygen atoms in total. The molecule has 0 aromatic heterocycles. The zero-order valence-corrected chi connectivity index (χ0v) is 18.5. The van der Waals surface area contributed by atoms with Crippen molar-refractivity contribution < 1.29 is 4.39 Å². The molecule has 1 N–H and O–H groups in total. The van der Waals surface area contributed by atoms with Crippen LogP contribution in [0.1, 0.15) is 16.7 Å². The normalized spacial score (nSPS) is 14.3. The first-order valence-electron chi connectivity index (χ1n) is 9.06. The molecule has 3 rings (SSSR count). The molecule has 0 saturated carbocycles. The molecule has 0 atom stereocenters. The van der Waals surface area contributed by atoms with Gasteiger partial charge in [-0.05, 0) is 36.8 Å². The maximum atomic E-state index is 14.1. The fourth-order valence-electron chi connectivity index (χ4n) is 3.27. The van der Waals surface area contributed by atoms with E-state index in [1.807, 2.05) is 6.07 Å². The summed E-state index contributed by atoms with van der Waals surface area (Å²) < 4.78 is 14.1. The lowest BCUT2D eigenvalue weighted by molar-refractivity contribution is 0.372. The quantitative estimate of drug-likeness (QED) is 0.404. The fraction of sp³-hybridized carbons (Fsp3) is 0.333. The molecular formula is C21H25FIN5. The number of nitrogens with one attached hydrogen (secondary N) is 1. The second-order valence-corrected chi connectivity index (χ2v) is 6.63. The Labute approximate surface area is 182 Å². The number of anilines is 1. The Morgan fingerprint density at radius 2 is 1.93 bits per heavy atom. The molecule has 1 aliphatic heterocycles. The van der Waals surface area contributed by atoms with Crippen molar-refractivity contribution in [1.29, 1.82) is 5.26 Å². The predicted molar refractivity (Wildman–Crippen MR) is 122 cm³/mol. The van der Waals surface area contributed by atoms with Crippen molar-refractivity contribution in [3.05, 3.63) is 65.0 Å². The molecule has 2 aromatic rings. The number of benzene rings is 2. The van der Waals surface area contributed by atoms with Gasteiger partial charge in [-0.15, -0.1) is 24.0 Å². The highest BCUT2D eigenvalue weighted by Crippen LogP contribution is 2.18. The molecule has 0 spiro atoms. The molecule has 0 amide bonds. The van der Waals surface area contributed by atoms with E-state index in [9.17, 15) is 4.39 Å². The second-order valence-electron chi connectivity index (χ2n) is 6.63. The van der Waals surface area contributed by atoms with E-state index in [4.69, 9.17) is 5.26 Å². The van der Waals surface area contributed by atoms with Crippen LogP contribution in [0, 0.1) is 24.1 Å². The second kappa shape index (κ2) is 10.3. The molecular weight excluding hydrogens is 468 g/mol. The van der Waals surface area contributed by atoms with Crippen molar-refractivity contribution in [2.75, 3.05) is 38.1 Å². The first-order valence-corrected chi connectivity index (χ1v) is 9.06. The maximum Gasteiger partial charge on any atom is 0.194 e. The predicted octanol–water partition coefficient (Wildman–Crippen LogP) is 3.52. The van der Waals surface area contributed by atoms with Crippen molar-refractivity contribution in [3.63, 3.8) is 0 Å². The van der Waals surface area contributed by atoms with E-state index in [-0.39, 0.29) is 29.8 Å². The Morgan fingerprint density at radius 3 is 2.54 bits per heavy atom. The van der Waals surface area contributed by atoms with Gasteiger partial charge in [0.2, 0.25) is 0 Å². The average molecular weight is 493 g/mol. The Balaban J connectivity index is 0.00000280. The molecule has 7 heteroatoms. The lowest BCUT2D eigenvalue weighted by Crippen LogP contribution is -2.52. The number of rotatable bonds is 3. The smallest absolute Gasteiger partial charge is 0.194 e. The summed E-state index contributed by atoms with van der Waals surface area (Å²) in [5.41, 5.74) is 3.36. The van der Waals surface area contributed by atoms with Crippen LogP contribution in [0.4, 0.5) is 10.1 Å². The van der Waals surface area contributed by atoms with E-state index < -0.39 is 0 Å². The highest BCUT2D eigenvalue weighted by atomic mass is 127.